The fraction of sp³-hybridized carbons (Fsp3) is 0.867. The molecule has 0 spiro atoms. The molecule has 0 saturated carbocycles. The molecular formula is C15H30S. The van der Waals surface area contributed by atoms with Gasteiger partial charge >= 0.3 is 0 Å². The minimum absolute atomic E-state index is 0.122. The summed E-state index contributed by atoms with van der Waals surface area (Å²) in [5, 5.41) is 5.75. The van der Waals surface area contributed by atoms with Crippen molar-refractivity contribution in [1.82, 2.24) is 0 Å². The van der Waals surface area contributed by atoms with E-state index in [9.17, 15) is 0 Å². The fourth-order valence-electron chi connectivity index (χ4n) is 2.23. The summed E-state index contributed by atoms with van der Waals surface area (Å²) in [6.07, 6.45) is 0. The molecule has 0 heterocycles. The Morgan fingerprint density at radius 3 is 1.25 bits per heavy atom. The van der Waals surface area contributed by atoms with Crippen molar-refractivity contribution in [3.05, 3.63) is 0 Å². The van der Waals surface area contributed by atoms with Crippen LogP contribution >= 0.6 is 10.0 Å². The Morgan fingerprint density at radius 2 is 1.06 bits per heavy atom. The molecule has 0 bridgehead atoms. The summed E-state index contributed by atoms with van der Waals surface area (Å²) in [5.41, 5.74) is 0.122. The van der Waals surface area contributed by atoms with Crippen molar-refractivity contribution in [3.8, 4) is 11.2 Å². The Labute approximate surface area is 105 Å². The molecule has 0 aromatic carbocycles. The maximum atomic E-state index is 3.70. The first kappa shape index (κ1) is 15.9. The van der Waals surface area contributed by atoms with E-state index in [-0.39, 0.29) is 5.41 Å². The van der Waals surface area contributed by atoms with Crippen molar-refractivity contribution in [2.75, 3.05) is 0 Å². The van der Waals surface area contributed by atoms with Crippen LogP contribution in [0.4, 0.5) is 0 Å². The van der Waals surface area contributed by atoms with Crippen molar-refractivity contribution in [2.45, 2.75) is 78.1 Å². The third-order valence-electron chi connectivity index (χ3n) is 2.94. The Kier molecular flexibility index (Phi) is 5.47. The van der Waals surface area contributed by atoms with Crippen molar-refractivity contribution in [2.24, 2.45) is 5.41 Å². The monoisotopic (exact) mass is 242 g/mol. The lowest BCUT2D eigenvalue weighted by Gasteiger charge is -2.46. The maximum absolute atomic E-state index is 3.70. The molecule has 0 amide bonds. The lowest BCUT2D eigenvalue weighted by Crippen LogP contribution is -2.27. The first-order valence-electron chi connectivity index (χ1n) is 6.38. The van der Waals surface area contributed by atoms with Crippen LogP contribution in [-0.4, -0.2) is 15.7 Å². The highest BCUT2D eigenvalue weighted by Crippen LogP contribution is 2.59. The van der Waals surface area contributed by atoms with Crippen LogP contribution in [-0.2, 0) is 0 Å². The smallest absolute Gasteiger partial charge is 0.0238 e. The van der Waals surface area contributed by atoms with Crippen molar-refractivity contribution in [3.63, 3.8) is 0 Å². The van der Waals surface area contributed by atoms with Crippen molar-refractivity contribution >= 4 is 10.0 Å². The van der Waals surface area contributed by atoms with Gasteiger partial charge in [-0.2, -0.15) is 10.0 Å². The van der Waals surface area contributed by atoms with Gasteiger partial charge in [-0.1, -0.05) is 52.7 Å². The molecule has 0 N–H and O–H groups in total. The molecule has 0 atom stereocenters. The van der Waals surface area contributed by atoms with Gasteiger partial charge in [0, 0.05) is 5.41 Å². The number of rotatable bonds is 3. The SMILES string of the molecule is CC(C)S(C#CC(C)(C)C)(C(C)C)C(C)C. The lowest BCUT2D eigenvalue weighted by molar-refractivity contribution is 0.571. The van der Waals surface area contributed by atoms with Gasteiger partial charge in [0.05, 0.1) is 0 Å². The van der Waals surface area contributed by atoms with E-state index in [1.165, 1.54) is 0 Å². The van der Waals surface area contributed by atoms with E-state index in [2.05, 4.69) is 73.5 Å². The topological polar surface area (TPSA) is 0 Å². The second kappa shape index (κ2) is 5.50. The lowest BCUT2D eigenvalue weighted by atomic mass is 9.99. The molecule has 0 saturated heterocycles. The van der Waals surface area contributed by atoms with E-state index in [1.54, 1.807) is 0 Å². The average molecular weight is 242 g/mol. The number of hydrogen-bond donors (Lipinski definition) is 0. The van der Waals surface area contributed by atoms with E-state index in [4.69, 9.17) is 0 Å². The predicted octanol–water partition coefficient (Wildman–Crippen LogP) is 5.02. The van der Waals surface area contributed by atoms with E-state index in [0.717, 1.165) is 0 Å². The van der Waals surface area contributed by atoms with Gasteiger partial charge in [-0.3, -0.25) is 0 Å². The summed E-state index contributed by atoms with van der Waals surface area (Å²) < 4.78 is 0. The van der Waals surface area contributed by atoms with E-state index < -0.39 is 10.0 Å². The van der Waals surface area contributed by atoms with Crippen LogP contribution in [0.15, 0.2) is 0 Å². The Morgan fingerprint density at radius 1 is 0.750 bits per heavy atom. The van der Waals surface area contributed by atoms with Crippen LogP contribution in [0, 0.1) is 16.6 Å². The molecule has 16 heavy (non-hydrogen) atoms. The van der Waals surface area contributed by atoms with Crippen LogP contribution in [0.1, 0.15) is 62.3 Å². The molecule has 1 heteroatoms. The molecule has 0 aliphatic heterocycles. The summed E-state index contributed by atoms with van der Waals surface area (Å²) in [7, 11) is -0.841. The fourth-order valence-corrected chi connectivity index (χ4v) is 6.68. The van der Waals surface area contributed by atoms with Gasteiger partial charge in [-0.25, -0.2) is 0 Å². The molecule has 0 nitrogen and oxygen atoms in total. The van der Waals surface area contributed by atoms with Crippen molar-refractivity contribution in [1.29, 1.82) is 0 Å². The van der Waals surface area contributed by atoms with Gasteiger partial charge in [-0.05, 0) is 36.5 Å². The highest BCUT2D eigenvalue weighted by atomic mass is 32.3. The van der Waals surface area contributed by atoms with Crippen LogP contribution in [0.5, 0.6) is 0 Å². The zero-order valence-corrected chi connectivity index (χ0v) is 13.5. The van der Waals surface area contributed by atoms with E-state index >= 15 is 0 Å². The van der Waals surface area contributed by atoms with Crippen LogP contribution in [0.25, 0.3) is 0 Å². The number of hydrogen-bond acceptors (Lipinski definition) is 0. The van der Waals surface area contributed by atoms with Crippen LogP contribution in [0.2, 0.25) is 0 Å². The first-order chi connectivity index (χ1) is 7.04. The van der Waals surface area contributed by atoms with Gasteiger partial charge in [-0.15, -0.1) is 0 Å². The molecule has 96 valence electrons. The maximum Gasteiger partial charge on any atom is 0.0238 e. The Bertz CT molecular complexity index is 246. The molecule has 0 unspecified atom stereocenters. The zero-order chi connectivity index (χ0) is 13.1. The third-order valence-corrected chi connectivity index (χ3v) is 8.08. The highest BCUT2D eigenvalue weighted by Gasteiger charge is 2.33. The normalized spacial score (nSPS) is 14.2. The standard InChI is InChI=1S/C15H30S/c1-12(2)16(13(3)4,14(5)6)11-10-15(7,8)9/h12-14H,1-9H3. The predicted molar refractivity (Wildman–Crippen MR) is 80.2 cm³/mol. The van der Waals surface area contributed by atoms with Gasteiger partial charge in [0.15, 0.2) is 0 Å². The van der Waals surface area contributed by atoms with Gasteiger partial charge in [0.25, 0.3) is 0 Å². The minimum Gasteiger partial charge on any atom is -0.170 e. The molecule has 0 aliphatic carbocycles. The Balaban J connectivity index is 5.45. The zero-order valence-electron chi connectivity index (χ0n) is 12.6. The average Bonchev–Trinajstić information content (AvgIpc) is 2.00. The largest absolute Gasteiger partial charge is 0.170 e. The summed E-state index contributed by atoms with van der Waals surface area (Å²) in [6, 6.07) is 0. The quantitative estimate of drug-likeness (QED) is 0.609. The molecule has 0 radical (unpaired) electrons. The van der Waals surface area contributed by atoms with Gasteiger partial charge in [0.2, 0.25) is 0 Å². The summed E-state index contributed by atoms with van der Waals surface area (Å²) >= 11 is 0. The third kappa shape index (κ3) is 3.74. The second-order valence-corrected chi connectivity index (χ2v) is 10.9. The summed E-state index contributed by atoms with van der Waals surface area (Å²) in [4.78, 5) is 0. The van der Waals surface area contributed by atoms with Crippen LogP contribution < -0.4 is 0 Å². The van der Waals surface area contributed by atoms with E-state index in [0.29, 0.717) is 15.7 Å². The molecule has 0 rings (SSSR count). The van der Waals surface area contributed by atoms with Gasteiger partial charge < -0.3 is 0 Å². The summed E-state index contributed by atoms with van der Waals surface area (Å²) in [6.45, 7) is 20.6. The molecule has 0 aliphatic rings. The first-order valence-corrected chi connectivity index (χ1v) is 8.20. The Hall–Kier alpha value is -0.0900. The van der Waals surface area contributed by atoms with Gasteiger partial charge in [0.1, 0.15) is 0 Å². The molecule has 0 fully saturated rings. The molecule has 0 aromatic heterocycles. The highest BCUT2D eigenvalue weighted by molar-refractivity contribution is 8.38. The van der Waals surface area contributed by atoms with Crippen LogP contribution in [0.3, 0.4) is 0 Å². The molecule has 0 aromatic rings. The molecular weight excluding hydrogens is 212 g/mol. The van der Waals surface area contributed by atoms with E-state index in [1.807, 2.05) is 0 Å². The summed E-state index contributed by atoms with van der Waals surface area (Å²) in [5.74, 6) is 3.49. The minimum atomic E-state index is -0.841. The second-order valence-electron chi connectivity index (χ2n) is 6.39. The van der Waals surface area contributed by atoms with Crippen molar-refractivity contribution < 1.29 is 0 Å².